The van der Waals surface area contributed by atoms with Gasteiger partial charge in [-0.15, -0.1) is 0 Å². The van der Waals surface area contributed by atoms with Crippen molar-refractivity contribution in [1.29, 1.82) is 0 Å². The van der Waals surface area contributed by atoms with E-state index >= 15 is 0 Å². The Balaban J connectivity index is 1.58. The minimum atomic E-state index is -0.901. The maximum Gasteiger partial charge on any atom is 0.328 e. The number of aromatic nitrogens is 1. The number of halogens is 1. The molecule has 4 aromatic rings. The molecule has 0 saturated carbocycles. The summed E-state index contributed by atoms with van der Waals surface area (Å²) in [6.07, 6.45) is 0.889. The Hall–Kier alpha value is -4.10. The molecule has 0 radical (unpaired) electrons. The maximum absolute atomic E-state index is 13.1. The number of hydrogen-bond acceptors (Lipinski definition) is 3. The largest absolute Gasteiger partial charge is 0.341 e. The van der Waals surface area contributed by atoms with E-state index in [1.807, 2.05) is 54.6 Å². The van der Waals surface area contributed by atoms with Gasteiger partial charge in [0.1, 0.15) is 5.69 Å². The van der Waals surface area contributed by atoms with Gasteiger partial charge in [0.25, 0.3) is 5.91 Å². The van der Waals surface area contributed by atoms with Crippen molar-refractivity contribution in [1.82, 2.24) is 9.99 Å². The molecule has 0 saturated heterocycles. The number of carbonyl (C=O) groups is 3. The van der Waals surface area contributed by atoms with Crippen LogP contribution >= 0.6 is 11.6 Å². The summed E-state index contributed by atoms with van der Waals surface area (Å²) in [5.74, 6) is -2.17. The molecule has 8 heteroatoms. The van der Waals surface area contributed by atoms with Crippen LogP contribution in [0.25, 0.3) is 10.9 Å². The predicted molar refractivity (Wildman–Crippen MR) is 138 cm³/mol. The molecule has 0 unspecified atom stereocenters. The lowest BCUT2D eigenvalue weighted by Crippen LogP contribution is -2.40. The monoisotopic (exact) mass is 488 g/mol. The van der Waals surface area contributed by atoms with E-state index in [9.17, 15) is 14.4 Å². The number of anilines is 1. The lowest BCUT2D eigenvalue weighted by atomic mass is 10.1. The van der Waals surface area contributed by atoms with E-state index in [2.05, 4.69) is 23.0 Å². The van der Waals surface area contributed by atoms with Gasteiger partial charge in [-0.05, 0) is 60.9 Å². The van der Waals surface area contributed by atoms with E-state index in [0.29, 0.717) is 21.6 Å². The Morgan fingerprint density at radius 2 is 1.63 bits per heavy atom. The van der Waals surface area contributed by atoms with Gasteiger partial charge in [0, 0.05) is 16.1 Å². The fourth-order valence-corrected chi connectivity index (χ4v) is 3.91. The number of carbonyl (C=O) groups excluding carboxylic acids is 3. The molecule has 4 rings (SSSR count). The Morgan fingerprint density at radius 3 is 2.31 bits per heavy atom. The van der Waals surface area contributed by atoms with E-state index in [1.165, 1.54) is 4.68 Å². The standard InChI is InChI=1S/C27H25ClN4O3/c1-3-18-9-12-22(13-10-18)30-25(33)24-16-20-15-21(28)11-14-23(20)32(24)31-27(35)26(34)29-17(2)19-7-5-4-6-8-19/h4-17H,3H2,1-2H3,(H,29,34)(H,30,33)(H,31,35)/t17-/m1/s1. The van der Waals surface area contributed by atoms with Crippen molar-refractivity contribution >= 4 is 45.9 Å². The highest BCUT2D eigenvalue weighted by Crippen LogP contribution is 2.24. The zero-order valence-electron chi connectivity index (χ0n) is 19.3. The zero-order valence-corrected chi connectivity index (χ0v) is 20.1. The highest BCUT2D eigenvalue weighted by atomic mass is 35.5. The van der Waals surface area contributed by atoms with Crippen LogP contribution in [0.1, 0.15) is 41.5 Å². The molecule has 0 bridgehead atoms. The summed E-state index contributed by atoms with van der Waals surface area (Å²) in [7, 11) is 0. The summed E-state index contributed by atoms with van der Waals surface area (Å²) < 4.78 is 1.30. The first kappa shape index (κ1) is 24.0. The maximum atomic E-state index is 13.1. The van der Waals surface area contributed by atoms with E-state index in [0.717, 1.165) is 17.5 Å². The molecular weight excluding hydrogens is 464 g/mol. The van der Waals surface area contributed by atoms with Gasteiger partial charge in [-0.2, -0.15) is 0 Å². The first-order valence-electron chi connectivity index (χ1n) is 11.2. The van der Waals surface area contributed by atoms with E-state index < -0.39 is 17.7 Å². The Kier molecular flexibility index (Phi) is 7.17. The SMILES string of the molecule is CCc1ccc(NC(=O)c2cc3cc(Cl)ccc3n2NC(=O)C(=O)N[C@H](C)c2ccccc2)cc1. The molecule has 7 nitrogen and oxygen atoms in total. The molecule has 3 aromatic carbocycles. The third kappa shape index (κ3) is 5.53. The molecule has 1 aromatic heterocycles. The molecule has 0 spiro atoms. The van der Waals surface area contributed by atoms with Gasteiger partial charge >= 0.3 is 11.8 Å². The summed E-state index contributed by atoms with van der Waals surface area (Å²) in [5.41, 5.74) is 5.86. The van der Waals surface area contributed by atoms with Crippen LogP contribution in [-0.2, 0) is 16.0 Å². The van der Waals surface area contributed by atoms with Crippen LogP contribution in [0.5, 0.6) is 0 Å². The Bertz CT molecular complexity index is 1380. The van der Waals surface area contributed by atoms with Crippen LogP contribution < -0.4 is 16.1 Å². The van der Waals surface area contributed by atoms with Crippen molar-refractivity contribution in [3.63, 3.8) is 0 Å². The first-order chi connectivity index (χ1) is 16.9. The molecule has 1 atom stereocenters. The van der Waals surface area contributed by atoms with Crippen molar-refractivity contribution in [2.45, 2.75) is 26.3 Å². The number of nitrogens with one attached hydrogen (secondary N) is 3. The lowest BCUT2D eigenvalue weighted by molar-refractivity contribution is -0.137. The van der Waals surface area contributed by atoms with Gasteiger partial charge in [0.2, 0.25) is 0 Å². The van der Waals surface area contributed by atoms with Gasteiger partial charge in [-0.25, -0.2) is 4.68 Å². The van der Waals surface area contributed by atoms with Crippen LogP contribution in [0.15, 0.2) is 78.9 Å². The van der Waals surface area contributed by atoms with Gasteiger partial charge in [-0.3, -0.25) is 19.8 Å². The molecule has 0 aliphatic heterocycles. The smallest absolute Gasteiger partial charge is 0.328 e. The van der Waals surface area contributed by atoms with Crippen molar-refractivity contribution in [2.75, 3.05) is 10.7 Å². The molecule has 3 N–H and O–H groups in total. The van der Waals surface area contributed by atoms with Gasteiger partial charge in [0.15, 0.2) is 0 Å². The predicted octanol–water partition coefficient (Wildman–Crippen LogP) is 5.06. The topological polar surface area (TPSA) is 92.2 Å². The van der Waals surface area contributed by atoms with Crippen molar-refractivity contribution < 1.29 is 14.4 Å². The molecule has 0 aliphatic rings. The summed E-state index contributed by atoms with van der Waals surface area (Å²) in [6, 6.07) is 23.1. The van der Waals surface area contributed by atoms with Gasteiger partial charge in [0.05, 0.1) is 11.6 Å². The Labute approximate surface area is 208 Å². The highest BCUT2D eigenvalue weighted by molar-refractivity contribution is 6.38. The fraction of sp³-hybridized carbons (Fsp3) is 0.148. The first-order valence-corrected chi connectivity index (χ1v) is 11.6. The number of nitrogens with zero attached hydrogens (tertiary/aromatic N) is 1. The van der Waals surface area contributed by atoms with E-state index in [4.69, 9.17) is 11.6 Å². The number of amides is 3. The fourth-order valence-electron chi connectivity index (χ4n) is 3.73. The average molecular weight is 489 g/mol. The zero-order chi connectivity index (χ0) is 24.9. The normalized spacial score (nSPS) is 11.6. The van der Waals surface area contributed by atoms with E-state index in [1.54, 1.807) is 31.2 Å². The Morgan fingerprint density at radius 1 is 0.914 bits per heavy atom. The number of aryl methyl sites for hydroxylation is 1. The van der Waals surface area contributed by atoms with Crippen molar-refractivity contribution in [2.24, 2.45) is 0 Å². The molecule has 178 valence electrons. The second-order valence-corrected chi connectivity index (χ2v) is 8.56. The van der Waals surface area contributed by atoms with E-state index in [-0.39, 0.29) is 11.7 Å². The van der Waals surface area contributed by atoms with Gasteiger partial charge in [-0.1, -0.05) is 61.0 Å². The van der Waals surface area contributed by atoms with Crippen LogP contribution in [-0.4, -0.2) is 22.4 Å². The quantitative estimate of drug-likeness (QED) is 0.331. The van der Waals surface area contributed by atoms with Crippen LogP contribution in [0.4, 0.5) is 5.69 Å². The average Bonchev–Trinajstić information content (AvgIpc) is 3.22. The third-order valence-electron chi connectivity index (χ3n) is 5.68. The van der Waals surface area contributed by atoms with Crippen molar-refractivity contribution in [3.8, 4) is 0 Å². The van der Waals surface area contributed by atoms with Crippen molar-refractivity contribution in [3.05, 3.63) is 101 Å². The summed E-state index contributed by atoms with van der Waals surface area (Å²) in [5, 5.41) is 6.64. The molecule has 0 aliphatic carbocycles. The molecule has 1 heterocycles. The summed E-state index contributed by atoms with van der Waals surface area (Å²) >= 11 is 6.13. The van der Waals surface area contributed by atoms with Crippen LogP contribution in [0, 0.1) is 0 Å². The third-order valence-corrected chi connectivity index (χ3v) is 5.92. The highest BCUT2D eigenvalue weighted by Gasteiger charge is 2.22. The number of rotatable bonds is 6. The molecular formula is C27H25ClN4O3. The lowest BCUT2D eigenvalue weighted by Gasteiger charge is -2.16. The second kappa shape index (κ2) is 10.4. The summed E-state index contributed by atoms with van der Waals surface area (Å²) in [6.45, 7) is 3.84. The minimum Gasteiger partial charge on any atom is -0.341 e. The second-order valence-electron chi connectivity index (χ2n) is 8.12. The summed E-state index contributed by atoms with van der Waals surface area (Å²) in [4.78, 5) is 38.5. The van der Waals surface area contributed by atoms with Crippen LogP contribution in [0.3, 0.4) is 0 Å². The number of benzene rings is 3. The van der Waals surface area contributed by atoms with Crippen LogP contribution in [0.2, 0.25) is 5.02 Å². The minimum absolute atomic E-state index is 0.152. The number of hydrogen-bond donors (Lipinski definition) is 3. The van der Waals surface area contributed by atoms with Gasteiger partial charge < -0.3 is 10.6 Å². The molecule has 3 amide bonds. The molecule has 35 heavy (non-hydrogen) atoms. The molecule has 0 fully saturated rings. The number of fused-ring (bicyclic) bond motifs is 1.